The SMILES string of the molecule is CCCCN(CCO)S(=O)(=O)c1ccc(Cl)cc1C. The molecule has 0 aliphatic heterocycles. The monoisotopic (exact) mass is 305 g/mol. The lowest BCUT2D eigenvalue weighted by Gasteiger charge is -2.22. The predicted molar refractivity (Wildman–Crippen MR) is 76.9 cm³/mol. The van der Waals surface area contributed by atoms with Crippen LogP contribution in [0.25, 0.3) is 0 Å². The molecule has 0 atom stereocenters. The Morgan fingerprint density at radius 1 is 1.32 bits per heavy atom. The van der Waals surface area contributed by atoms with Gasteiger partial charge in [0.15, 0.2) is 0 Å². The van der Waals surface area contributed by atoms with Crippen molar-refractivity contribution >= 4 is 21.6 Å². The van der Waals surface area contributed by atoms with Crippen LogP contribution < -0.4 is 0 Å². The third-order valence-electron chi connectivity index (χ3n) is 2.87. The first kappa shape index (κ1) is 16.4. The summed E-state index contributed by atoms with van der Waals surface area (Å²) in [6.07, 6.45) is 1.67. The summed E-state index contributed by atoms with van der Waals surface area (Å²) in [6, 6.07) is 4.72. The Kier molecular flexibility index (Phi) is 6.26. The largest absolute Gasteiger partial charge is 0.395 e. The lowest BCUT2D eigenvalue weighted by atomic mass is 10.2. The zero-order valence-corrected chi connectivity index (χ0v) is 12.8. The molecule has 0 unspecified atom stereocenters. The first-order valence-corrected chi connectivity index (χ1v) is 8.12. The van der Waals surface area contributed by atoms with Crippen LogP contribution in [-0.4, -0.2) is 37.5 Å². The van der Waals surface area contributed by atoms with Crippen LogP contribution in [0.3, 0.4) is 0 Å². The number of unbranched alkanes of at least 4 members (excludes halogenated alkanes) is 1. The van der Waals surface area contributed by atoms with Gasteiger partial charge in [0.25, 0.3) is 0 Å². The molecule has 0 radical (unpaired) electrons. The van der Waals surface area contributed by atoms with E-state index < -0.39 is 10.0 Å². The molecule has 0 amide bonds. The molecule has 6 heteroatoms. The molecule has 0 fully saturated rings. The minimum Gasteiger partial charge on any atom is -0.395 e. The van der Waals surface area contributed by atoms with E-state index in [-0.39, 0.29) is 18.0 Å². The highest BCUT2D eigenvalue weighted by Crippen LogP contribution is 2.23. The molecule has 19 heavy (non-hydrogen) atoms. The lowest BCUT2D eigenvalue weighted by Crippen LogP contribution is -2.34. The van der Waals surface area contributed by atoms with Crippen molar-refractivity contribution in [1.29, 1.82) is 0 Å². The number of benzene rings is 1. The van der Waals surface area contributed by atoms with Crippen molar-refractivity contribution in [3.63, 3.8) is 0 Å². The fraction of sp³-hybridized carbons (Fsp3) is 0.538. The van der Waals surface area contributed by atoms with Crippen LogP contribution in [0, 0.1) is 6.92 Å². The van der Waals surface area contributed by atoms with Gasteiger partial charge in [-0.05, 0) is 37.1 Å². The summed E-state index contributed by atoms with van der Waals surface area (Å²) in [6.45, 7) is 4.06. The lowest BCUT2D eigenvalue weighted by molar-refractivity contribution is 0.252. The molecule has 0 spiro atoms. The average Bonchev–Trinajstić information content (AvgIpc) is 2.33. The molecule has 0 bridgehead atoms. The van der Waals surface area contributed by atoms with E-state index in [4.69, 9.17) is 16.7 Å². The van der Waals surface area contributed by atoms with Crippen LogP contribution in [0.5, 0.6) is 0 Å². The van der Waals surface area contributed by atoms with Crippen molar-refractivity contribution in [2.75, 3.05) is 19.7 Å². The van der Waals surface area contributed by atoms with E-state index in [1.54, 1.807) is 19.1 Å². The van der Waals surface area contributed by atoms with Crippen molar-refractivity contribution in [2.45, 2.75) is 31.6 Å². The van der Waals surface area contributed by atoms with Gasteiger partial charge < -0.3 is 5.11 Å². The Morgan fingerprint density at radius 3 is 2.53 bits per heavy atom. The van der Waals surface area contributed by atoms with Crippen LogP contribution >= 0.6 is 11.6 Å². The molecule has 1 rings (SSSR count). The van der Waals surface area contributed by atoms with Gasteiger partial charge in [0.1, 0.15) is 0 Å². The third kappa shape index (κ3) is 4.18. The molecule has 0 heterocycles. The highest BCUT2D eigenvalue weighted by atomic mass is 35.5. The van der Waals surface area contributed by atoms with Crippen molar-refractivity contribution in [1.82, 2.24) is 4.31 Å². The predicted octanol–water partition coefficient (Wildman–Crippen LogP) is 2.43. The maximum Gasteiger partial charge on any atom is 0.243 e. The topological polar surface area (TPSA) is 57.6 Å². The summed E-state index contributed by atoms with van der Waals surface area (Å²) in [7, 11) is -3.57. The van der Waals surface area contributed by atoms with Gasteiger partial charge in [-0.15, -0.1) is 0 Å². The number of rotatable bonds is 7. The Morgan fingerprint density at radius 2 is 2.00 bits per heavy atom. The van der Waals surface area contributed by atoms with E-state index in [0.29, 0.717) is 17.1 Å². The maximum atomic E-state index is 12.5. The van der Waals surface area contributed by atoms with E-state index in [0.717, 1.165) is 12.8 Å². The first-order valence-electron chi connectivity index (χ1n) is 6.30. The van der Waals surface area contributed by atoms with Crippen LogP contribution in [0.2, 0.25) is 5.02 Å². The van der Waals surface area contributed by atoms with Gasteiger partial charge in [0.05, 0.1) is 11.5 Å². The van der Waals surface area contributed by atoms with Gasteiger partial charge in [-0.3, -0.25) is 0 Å². The van der Waals surface area contributed by atoms with E-state index >= 15 is 0 Å². The number of aliphatic hydroxyl groups is 1. The van der Waals surface area contributed by atoms with Gasteiger partial charge >= 0.3 is 0 Å². The summed E-state index contributed by atoms with van der Waals surface area (Å²) < 4.78 is 26.4. The molecule has 0 aliphatic rings. The maximum absolute atomic E-state index is 12.5. The van der Waals surface area contributed by atoms with Gasteiger partial charge in [-0.1, -0.05) is 24.9 Å². The Hall–Kier alpha value is -0.620. The quantitative estimate of drug-likeness (QED) is 0.841. The molecule has 0 saturated heterocycles. The standard InChI is InChI=1S/C13H20ClNO3S/c1-3-4-7-15(8-9-16)19(17,18)13-6-5-12(14)10-11(13)2/h5-6,10,16H,3-4,7-9H2,1-2H3. The second-order valence-electron chi connectivity index (χ2n) is 4.39. The summed E-state index contributed by atoms with van der Waals surface area (Å²) in [4.78, 5) is 0.251. The zero-order chi connectivity index (χ0) is 14.5. The summed E-state index contributed by atoms with van der Waals surface area (Å²) in [5.41, 5.74) is 0.618. The molecule has 0 saturated carbocycles. The van der Waals surface area contributed by atoms with Gasteiger partial charge in [0.2, 0.25) is 10.0 Å². The van der Waals surface area contributed by atoms with Crippen LogP contribution in [0.1, 0.15) is 25.3 Å². The number of hydrogen-bond acceptors (Lipinski definition) is 3. The molecular formula is C13H20ClNO3S. The van der Waals surface area contributed by atoms with Gasteiger partial charge in [-0.2, -0.15) is 4.31 Å². The highest BCUT2D eigenvalue weighted by molar-refractivity contribution is 7.89. The summed E-state index contributed by atoms with van der Waals surface area (Å²) in [5.74, 6) is 0. The first-order chi connectivity index (χ1) is 8.93. The van der Waals surface area contributed by atoms with Crippen LogP contribution in [-0.2, 0) is 10.0 Å². The fourth-order valence-electron chi connectivity index (χ4n) is 1.84. The van der Waals surface area contributed by atoms with E-state index in [1.807, 2.05) is 6.92 Å². The van der Waals surface area contributed by atoms with Gasteiger partial charge in [0, 0.05) is 18.1 Å². The van der Waals surface area contributed by atoms with Crippen molar-refractivity contribution in [2.24, 2.45) is 0 Å². The number of nitrogens with zero attached hydrogens (tertiary/aromatic N) is 1. The summed E-state index contributed by atoms with van der Waals surface area (Å²) >= 11 is 5.84. The number of sulfonamides is 1. The average molecular weight is 306 g/mol. The zero-order valence-electron chi connectivity index (χ0n) is 11.3. The number of aliphatic hydroxyl groups excluding tert-OH is 1. The fourth-order valence-corrected chi connectivity index (χ4v) is 3.74. The molecular weight excluding hydrogens is 286 g/mol. The third-order valence-corrected chi connectivity index (χ3v) is 5.16. The van der Waals surface area contributed by atoms with Gasteiger partial charge in [-0.25, -0.2) is 8.42 Å². The van der Waals surface area contributed by atoms with Crippen LogP contribution in [0.15, 0.2) is 23.1 Å². The van der Waals surface area contributed by atoms with E-state index in [1.165, 1.54) is 10.4 Å². The second kappa shape index (κ2) is 7.24. The minimum atomic E-state index is -3.57. The number of hydrogen-bond donors (Lipinski definition) is 1. The molecule has 4 nitrogen and oxygen atoms in total. The minimum absolute atomic E-state index is 0.115. The van der Waals surface area contributed by atoms with E-state index in [9.17, 15) is 8.42 Å². The Balaban J connectivity index is 3.11. The number of aryl methyl sites for hydroxylation is 1. The molecule has 1 N–H and O–H groups in total. The van der Waals surface area contributed by atoms with Crippen LogP contribution in [0.4, 0.5) is 0 Å². The number of halogens is 1. The molecule has 0 aliphatic carbocycles. The highest BCUT2D eigenvalue weighted by Gasteiger charge is 2.25. The normalized spacial score (nSPS) is 12.1. The van der Waals surface area contributed by atoms with Crippen molar-refractivity contribution in [3.8, 4) is 0 Å². The second-order valence-corrected chi connectivity index (χ2v) is 6.73. The van der Waals surface area contributed by atoms with E-state index in [2.05, 4.69) is 0 Å². The van der Waals surface area contributed by atoms with Crippen molar-refractivity contribution in [3.05, 3.63) is 28.8 Å². The Labute approximate surface area is 120 Å². The molecule has 1 aromatic rings. The summed E-state index contributed by atoms with van der Waals surface area (Å²) in [5, 5.41) is 9.55. The molecule has 0 aromatic heterocycles. The van der Waals surface area contributed by atoms with Crippen molar-refractivity contribution < 1.29 is 13.5 Å². The Bertz CT molecular complexity index is 517. The molecule has 108 valence electrons. The molecule has 1 aromatic carbocycles. The smallest absolute Gasteiger partial charge is 0.243 e.